The van der Waals surface area contributed by atoms with E-state index in [9.17, 15) is 19.2 Å². The molecular formula is C16H28N2O10. The van der Waals surface area contributed by atoms with E-state index in [0.29, 0.717) is 26.2 Å². The molecule has 12 nitrogen and oxygen atoms in total. The van der Waals surface area contributed by atoms with Gasteiger partial charge in [-0.3, -0.25) is 4.90 Å². The molecule has 0 aromatic carbocycles. The Bertz CT molecular complexity index is 542. The third-order valence-corrected chi connectivity index (χ3v) is 3.24. The van der Waals surface area contributed by atoms with Crippen LogP contribution in [0.2, 0.25) is 0 Å². The first-order chi connectivity index (χ1) is 12.8. The van der Waals surface area contributed by atoms with Crippen LogP contribution in [-0.2, 0) is 23.9 Å². The zero-order valence-corrected chi connectivity index (χ0v) is 16.2. The van der Waals surface area contributed by atoms with Crippen LogP contribution in [-0.4, -0.2) is 99.4 Å². The van der Waals surface area contributed by atoms with Crippen molar-refractivity contribution < 1.29 is 49.1 Å². The molecule has 0 spiro atoms. The Hall–Kier alpha value is -2.44. The van der Waals surface area contributed by atoms with Crippen molar-refractivity contribution in [3.63, 3.8) is 0 Å². The van der Waals surface area contributed by atoms with Crippen molar-refractivity contribution in [2.45, 2.75) is 51.5 Å². The summed E-state index contributed by atoms with van der Waals surface area (Å²) in [5.41, 5.74) is -0.568. The predicted octanol–water partition coefficient (Wildman–Crippen LogP) is -1.36. The highest BCUT2D eigenvalue weighted by atomic mass is 16.6. The minimum Gasteiger partial charge on any atom is -0.479 e. The molecule has 5 N–H and O–H groups in total. The van der Waals surface area contributed by atoms with Gasteiger partial charge in [-0.15, -0.1) is 0 Å². The zero-order chi connectivity index (χ0) is 22.1. The van der Waals surface area contributed by atoms with Crippen LogP contribution in [0, 0.1) is 0 Å². The maximum Gasteiger partial charge on any atom is 0.411 e. The van der Waals surface area contributed by atoms with E-state index in [1.165, 1.54) is 4.90 Å². The molecular weight excluding hydrogens is 380 g/mol. The molecule has 1 aliphatic heterocycles. The van der Waals surface area contributed by atoms with Crippen LogP contribution in [0.1, 0.15) is 27.7 Å². The van der Waals surface area contributed by atoms with Crippen LogP contribution in [0.4, 0.5) is 4.79 Å². The Balaban J connectivity index is 0.000000621. The molecule has 28 heavy (non-hydrogen) atoms. The van der Waals surface area contributed by atoms with E-state index in [4.69, 9.17) is 29.9 Å². The number of hydrogen-bond acceptors (Lipinski definition) is 9. The highest BCUT2D eigenvalue weighted by Crippen LogP contribution is 2.14. The third-order valence-electron chi connectivity index (χ3n) is 3.24. The van der Waals surface area contributed by atoms with Gasteiger partial charge in [0.15, 0.2) is 12.2 Å². The van der Waals surface area contributed by atoms with Crippen molar-refractivity contribution in [1.82, 2.24) is 10.2 Å². The largest absolute Gasteiger partial charge is 0.479 e. The van der Waals surface area contributed by atoms with E-state index in [1.807, 2.05) is 0 Å². The topological polar surface area (TPSA) is 183 Å². The fraction of sp³-hybridized carbons (Fsp3) is 0.750. The van der Waals surface area contributed by atoms with Crippen molar-refractivity contribution >= 4 is 24.0 Å². The van der Waals surface area contributed by atoms with Gasteiger partial charge in [0.05, 0.1) is 6.61 Å². The van der Waals surface area contributed by atoms with Gasteiger partial charge in [0.25, 0.3) is 0 Å². The van der Waals surface area contributed by atoms with Gasteiger partial charge in [-0.1, -0.05) is 0 Å². The molecule has 0 saturated carbocycles. The van der Waals surface area contributed by atoms with Crippen molar-refractivity contribution in [2.24, 2.45) is 0 Å². The summed E-state index contributed by atoms with van der Waals surface area (Å²) >= 11 is 0. The van der Waals surface area contributed by atoms with Gasteiger partial charge in [-0.25, -0.2) is 19.2 Å². The quantitative estimate of drug-likeness (QED) is 0.338. The van der Waals surface area contributed by atoms with Crippen LogP contribution in [0.5, 0.6) is 0 Å². The Kier molecular flexibility index (Phi) is 10.4. The lowest BCUT2D eigenvalue weighted by atomic mass is 10.2. The number of aliphatic hydroxyl groups is 2. The van der Waals surface area contributed by atoms with E-state index in [2.05, 4.69) is 5.32 Å². The molecule has 0 aromatic heterocycles. The van der Waals surface area contributed by atoms with Gasteiger partial charge in [0.2, 0.25) is 0 Å². The molecule has 1 saturated heterocycles. The standard InChI is InChI=1S/C12H22N2O4.C4H6O6/c1-5-17-10(15)9-8-13-6-7-14(9)11(16)18-12(2,3)4;5-1(3(7)8)2(6)4(9)10/h9,13H,5-8H2,1-4H3;1-2,5-6H,(H,7,8)(H,9,10)/t9-;1-,2-/m11/s1. The normalized spacial score (nSPS) is 18.8. The number of nitrogens with one attached hydrogen (secondary N) is 1. The highest BCUT2D eigenvalue weighted by Gasteiger charge is 2.35. The lowest BCUT2D eigenvalue weighted by molar-refractivity contribution is -0.165. The van der Waals surface area contributed by atoms with E-state index in [-0.39, 0.29) is 0 Å². The van der Waals surface area contributed by atoms with Crippen LogP contribution in [0.25, 0.3) is 0 Å². The molecule has 1 rings (SSSR count). The van der Waals surface area contributed by atoms with Gasteiger partial charge in [0.1, 0.15) is 11.6 Å². The molecule has 12 heteroatoms. The number of esters is 1. The van der Waals surface area contributed by atoms with Gasteiger partial charge >= 0.3 is 24.0 Å². The minimum absolute atomic E-state index is 0.303. The Morgan fingerprint density at radius 2 is 1.61 bits per heavy atom. The number of carbonyl (C=O) groups is 4. The van der Waals surface area contributed by atoms with Crippen LogP contribution in [0.3, 0.4) is 0 Å². The summed E-state index contributed by atoms with van der Waals surface area (Å²) < 4.78 is 10.3. The average Bonchev–Trinajstić information content (AvgIpc) is 2.59. The monoisotopic (exact) mass is 408 g/mol. The Morgan fingerprint density at radius 3 is 2.00 bits per heavy atom. The number of carboxylic acids is 2. The Labute approximate surface area is 162 Å². The van der Waals surface area contributed by atoms with Gasteiger partial charge in [-0.05, 0) is 27.7 Å². The predicted molar refractivity (Wildman–Crippen MR) is 93.5 cm³/mol. The molecule has 0 aromatic rings. The fourth-order valence-corrected chi connectivity index (χ4v) is 1.96. The van der Waals surface area contributed by atoms with Crippen molar-refractivity contribution in [2.75, 3.05) is 26.2 Å². The maximum absolute atomic E-state index is 12.0. The lowest BCUT2D eigenvalue weighted by Gasteiger charge is -2.35. The second kappa shape index (κ2) is 11.4. The molecule has 1 amide bonds. The summed E-state index contributed by atoms with van der Waals surface area (Å²) in [4.78, 5) is 44.7. The molecule has 162 valence electrons. The molecule has 1 fully saturated rings. The van der Waals surface area contributed by atoms with Gasteiger partial charge in [0, 0.05) is 19.6 Å². The summed E-state index contributed by atoms with van der Waals surface area (Å²) in [5.74, 6) is -3.93. The number of hydrogen-bond donors (Lipinski definition) is 5. The number of ether oxygens (including phenoxy) is 2. The molecule has 0 aliphatic carbocycles. The highest BCUT2D eigenvalue weighted by molar-refractivity contribution is 5.83. The molecule has 0 radical (unpaired) electrons. The molecule has 0 unspecified atom stereocenters. The summed E-state index contributed by atoms with van der Waals surface area (Å²) in [6, 6.07) is -0.603. The summed E-state index contributed by atoms with van der Waals surface area (Å²) in [5, 5.41) is 35.6. The van der Waals surface area contributed by atoms with Crippen molar-refractivity contribution in [1.29, 1.82) is 0 Å². The second-order valence-corrected chi connectivity index (χ2v) is 6.71. The van der Waals surface area contributed by atoms with Crippen LogP contribution < -0.4 is 5.32 Å². The molecule has 1 heterocycles. The number of amides is 1. The van der Waals surface area contributed by atoms with Crippen molar-refractivity contribution in [3.05, 3.63) is 0 Å². The Morgan fingerprint density at radius 1 is 1.11 bits per heavy atom. The number of carbonyl (C=O) groups excluding carboxylic acids is 2. The van der Waals surface area contributed by atoms with E-state index < -0.39 is 47.9 Å². The third kappa shape index (κ3) is 8.97. The van der Waals surface area contributed by atoms with E-state index in [1.54, 1.807) is 27.7 Å². The van der Waals surface area contributed by atoms with Crippen LogP contribution in [0.15, 0.2) is 0 Å². The number of nitrogens with zero attached hydrogens (tertiary/aromatic N) is 1. The van der Waals surface area contributed by atoms with E-state index in [0.717, 1.165) is 0 Å². The first-order valence-electron chi connectivity index (χ1n) is 8.50. The number of aliphatic carboxylic acids is 2. The molecule has 3 atom stereocenters. The number of carboxylic acid groups (broad SMARTS) is 2. The average molecular weight is 408 g/mol. The van der Waals surface area contributed by atoms with Crippen LogP contribution >= 0.6 is 0 Å². The number of rotatable bonds is 5. The summed E-state index contributed by atoms with van der Waals surface area (Å²) in [7, 11) is 0. The first kappa shape index (κ1) is 25.6. The van der Waals surface area contributed by atoms with Crippen molar-refractivity contribution in [3.8, 4) is 0 Å². The summed E-state index contributed by atoms with van der Waals surface area (Å²) in [6.07, 6.45) is -5.00. The van der Waals surface area contributed by atoms with E-state index >= 15 is 0 Å². The smallest absolute Gasteiger partial charge is 0.411 e. The lowest BCUT2D eigenvalue weighted by Crippen LogP contribution is -2.58. The second-order valence-electron chi connectivity index (χ2n) is 6.71. The summed E-state index contributed by atoms with van der Waals surface area (Å²) in [6.45, 7) is 8.93. The van der Waals surface area contributed by atoms with Gasteiger partial charge in [-0.2, -0.15) is 0 Å². The molecule has 0 bridgehead atoms. The maximum atomic E-state index is 12.0. The fourth-order valence-electron chi connectivity index (χ4n) is 1.96. The SMILES string of the molecule is CCOC(=O)[C@H]1CNCCN1C(=O)OC(C)(C)C.O=C(O)[C@H](O)[C@@H](O)C(=O)O. The number of piperazine rings is 1. The number of aliphatic hydroxyl groups excluding tert-OH is 2. The van der Waals surface area contributed by atoms with Gasteiger partial charge < -0.3 is 35.2 Å². The first-order valence-corrected chi connectivity index (χ1v) is 8.50. The molecule has 1 aliphatic rings. The minimum atomic E-state index is -2.27. The zero-order valence-electron chi connectivity index (χ0n) is 16.2.